The highest BCUT2D eigenvalue weighted by Crippen LogP contribution is 2.57. The van der Waals surface area contributed by atoms with E-state index in [2.05, 4.69) is 19.5 Å². The minimum atomic E-state index is -5.58. The molecule has 21 nitrogen and oxygen atoms in total. The zero-order chi connectivity index (χ0) is 32.1. The molecule has 5 heterocycles. The van der Waals surface area contributed by atoms with Crippen LogP contribution in [0, 0.1) is 0 Å². The average Bonchev–Trinajstić information content (AvgIpc) is 3.60. The Morgan fingerprint density at radius 1 is 1.07 bits per heavy atom. The van der Waals surface area contributed by atoms with Gasteiger partial charge in [0, 0.05) is 6.07 Å². The smallest absolute Gasteiger partial charge is 0.387 e. The van der Waals surface area contributed by atoms with Gasteiger partial charge in [-0.25, -0.2) is 19.5 Å². The second-order valence-corrected chi connectivity index (χ2v) is 12.9. The van der Waals surface area contributed by atoms with Crippen molar-refractivity contribution in [2.75, 3.05) is 12.3 Å². The lowest BCUT2D eigenvalue weighted by Gasteiger charge is -2.29. The highest BCUT2D eigenvalue weighted by atomic mass is 31.2. The van der Waals surface area contributed by atoms with Crippen molar-refractivity contribution in [3.63, 3.8) is 0 Å². The van der Waals surface area contributed by atoms with Crippen molar-refractivity contribution in [2.45, 2.75) is 54.9 Å². The number of fused-ring (bicyclic) bond motifs is 1. The lowest BCUT2D eigenvalue weighted by molar-refractivity contribution is -0.766. The van der Waals surface area contributed by atoms with E-state index in [0.717, 1.165) is 17.1 Å². The molecule has 0 spiro atoms. The summed E-state index contributed by atoms with van der Waals surface area (Å²) in [6.07, 6.45) is -8.98. The minimum absolute atomic E-state index is 0.0293. The largest absolute Gasteiger partial charge is 0.470 e. The molecule has 2 fully saturated rings. The number of nitrogens with zero attached hydrogens (tertiary/aromatic N) is 5. The second-order valence-electron chi connectivity index (χ2n) is 9.85. The number of carbonyl (C=O) groups excluding carboxylic acids is 1. The van der Waals surface area contributed by atoms with Gasteiger partial charge in [0.25, 0.3) is 12.1 Å². The number of nitrogens with two attached hydrogens (primary N) is 2. The highest BCUT2D eigenvalue weighted by Gasteiger charge is 2.58. The Balaban J connectivity index is 1.35. The molecule has 23 heteroatoms. The molecule has 2 saturated heterocycles. The lowest BCUT2D eigenvalue weighted by Crippen LogP contribution is -2.46. The average molecular weight is 664 g/mol. The first-order chi connectivity index (χ1) is 20.6. The van der Waals surface area contributed by atoms with Crippen molar-refractivity contribution in [3.05, 3.63) is 42.7 Å². The maximum absolute atomic E-state index is 13.4. The van der Waals surface area contributed by atoms with E-state index < -0.39 is 82.9 Å². The summed E-state index contributed by atoms with van der Waals surface area (Å²) < 4.78 is 48.1. The Bertz CT molecular complexity index is 1640. The van der Waals surface area contributed by atoms with Crippen LogP contribution in [0.1, 0.15) is 22.8 Å². The number of carbonyl (C=O) groups is 1. The van der Waals surface area contributed by atoms with Crippen LogP contribution in [-0.4, -0.2) is 110 Å². The molecular weight excluding hydrogens is 636 g/mol. The monoisotopic (exact) mass is 664 g/mol. The van der Waals surface area contributed by atoms with E-state index in [-0.39, 0.29) is 22.5 Å². The van der Waals surface area contributed by atoms with Crippen molar-refractivity contribution in [2.24, 2.45) is 5.73 Å². The molecule has 3 aromatic rings. The molecule has 10 atom stereocenters. The molecule has 11 N–H and O–H groups in total. The number of amides is 1. The summed E-state index contributed by atoms with van der Waals surface area (Å²) >= 11 is 0. The van der Waals surface area contributed by atoms with Gasteiger partial charge in [0.15, 0.2) is 42.0 Å². The third-order valence-corrected chi connectivity index (χ3v) is 9.18. The first-order valence-electron chi connectivity index (χ1n) is 12.6. The summed E-state index contributed by atoms with van der Waals surface area (Å²) in [4.78, 5) is 53.1. The molecule has 0 bridgehead atoms. The number of primary amides is 1. The summed E-state index contributed by atoms with van der Waals surface area (Å²) in [5.74, 6) is -3.42. The number of pyridine rings is 1. The first-order valence-corrected chi connectivity index (χ1v) is 15.7. The van der Waals surface area contributed by atoms with E-state index in [9.17, 15) is 49.0 Å². The van der Waals surface area contributed by atoms with Gasteiger partial charge < -0.3 is 60.6 Å². The van der Waals surface area contributed by atoms with Crippen LogP contribution in [0.2, 0.25) is 0 Å². The number of aromatic nitrogens is 5. The number of phosphoric ester groups is 1. The van der Waals surface area contributed by atoms with E-state index in [1.165, 1.54) is 29.2 Å². The summed E-state index contributed by atoms with van der Waals surface area (Å²) in [7, 11) is -11.0. The highest BCUT2D eigenvalue weighted by molar-refractivity contribution is 7.54. The number of imidazole rings is 1. The number of rotatable bonds is 10. The van der Waals surface area contributed by atoms with Gasteiger partial charge in [0.05, 0.1) is 12.9 Å². The van der Waals surface area contributed by atoms with E-state index in [1.54, 1.807) is 0 Å². The molecule has 1 amide bonds. The Morgan fingerprint density at radius 2 is 1.80 bits per heavy atom. The van der Waals surface area contributed by atoms with Gasteiger partial charge in [-0.1, -0.05) is 0 Å². The maximum Gasteiger partial charge on any atom is 0.470 e. The van der Waals surface area contributed by atoms with E-state index in [4.69, 9.17) is 25.5 Å². The van der Waals surface area contributed by atoms with Gasteiger partial charge in [0.2, 0.25) is 0 Å². The Hall–Kier alpha value is -3.01. The van der Waals surface area contributed by atoms with Crippen LogP contribution >= 0.6 is 15.4 Å². The van der Waals surface area contributed by atoms with Crippen molar-refractivity contribution in [1.29, 1.82) is 0 Å². The number of aliphatic hydroxyl groups is 4. The quantitative estimate of drug-likeness (QED) is 0.0745. The maximum atomic E-state index is 13.4. The number of aliphatic hydroxyl groups excluding tert-OH is 4. The summed E-state index contributed by atoms with van der Waals surface area (Å²) in [6.45, 7) is -0.947. The fourth-order valence-corrected chi connectivity index (χ4v) is 7.19. The predicted octanol–water partition coefficient (Wildman–Crippen LogP) is -3.63. The van der Waals surface area contributed by atoms with Crippen molar-refractivity contribution >= 4 is 38.3 Å². The topological polar surface area (TPSA) is 329 Å². The Labute approximate surface area is 246 Å². The lowest BCUT2D eigenvalue weighted by atomic mass is 10.1. The molecular formula is C21H28N7O14P2+. The fourth-order valence-electron chi connectivity index (χ4n) is 4.82. The third kappa shape index (κ3) is 6.24. The van der Waals surface area contributed by atoms with Gasteiger partial charge in [-0.2, -0.15) is 4.57 Å². The molecule has 240 valence electrons. The normalized spacial score (nSPS) is 31.2. The molecule has 0 aromatic carbocycles. The van der Waals surface area contributed by atoms with Gasteiger partial charge in [-0.3, -0.25) is 18.5 Å². The molecule has 10 unspecified atom stereocenters. The number of hydrogen-bond donors (Lipinski definition) is 9. The minimum Gasteiger partial charge on any atom is -0.387 e. The summed E-state index contributed by atoms with van der Waals surface area (Å²) in [5.41, 5.74) is 11.3. The second kappa shape index (κ2) is 12.1. The van der Waals surface area contributed by atoms with Crippen LogP contribution in [0.4, 0.5) is 5.82 Å². The number of anilines is 1. The summed E-state index contributed by atoms with van der Waals surface area (Å²) in [6, 6.07) is 2.69. The molecule has 44 heavy (non-hydrogen) atoms. The van der Waals surface area contributed by atoms with Gasteiger partial charge in [-0.05, 0) is 6.07 Å². The fraction of sp³-hybridized carbons (Fsp3) is 0.476. The SMILES string of the molecule is NC(=O)c1ccc[n+](C2OC(C(OP(=O)(O)O)P(=O)(O)OCC3OC(n4cnc5c(N)ncnc54)C(O)C3O)C(O)C2O)c1. The van der Waals surface area contributed by atoms with E-state index in [0.29, 0.717) is 0 Å². The molecule has 5 rings (SSSR count). The van der Waals surface area contributed by atoms with Crippen LogP contribution < -0.4 is 16.0 Å². The van der Waals surface area contributed by atoms with Crippen LogP contribution in [-0.2, 0) is 27.7 Å². The number of nitrogen functional groups attached to an aromatic ring is 1. The van der Waals surface area contributed by atoms with Crippen LogP contribution in [0.5, 0.6) is 0 Å². The van der Waals surface area contributed by atoms with Gasteiger partial charge in [0.1, 0.15) is 47.9 Å². The van der Waals surface area contributed by atoms with Crippen molar-refractivity contribution in [1.82, 2.24) is 19.5 Å². The number of hydrogen-bond acceptors (Lipinski definition) is 15. The van der Waals surface area contributed by atoms with E-state index >= 15 is 0 Å². The van der Waals surface area contributed by atoms with Crippen molar-refractivity contribution in [3.8, 4) is 0 Å². The Kier molecular flexibility index (Phi) is 8.88. The number of ether oxygens (including phenoxy) is 2. The van der Waals surface area contributed by atoms with Crippen LogP contribution in [0.15, 0.2) is 37.2 Å². The molecule has 0 radical (unpaired) electrons. The molecule has 0 aliphatic carbocycles. The van der Waals surface area contributed by atoms with Gasteiger partial charge >= 0.3 is 15.4 Å². The predicted molar refractivity (Wildman–Crippen MR) is 139 cm³/mol. The zero-order valence-electron chi connectivity index (χ0n) is 22.1. The zero-order valence-corrected chi connectivity index (χ0v) is 23.9. The molecule has 3 aromatic heterocycles. The Morgan fingerprint density at radius 3 is 2.48 bits per heavy atom. The first kappa shape index (κ1) is 32.4. The standard InChI is InChI=1S/C21H27N7O14P2/c22-16-10-18(25-6-24-16)28(7-26-10)20-13(31)11(29)9(40-20)5-39-43(34,35)21(42-44(36,37)38)15-12(30)14(32)19(41-15)27-3-1-2-8(4-27)17(23)33/h1-4,6-7,9,11-15,19-21,29-32H,5H2,(H6-,22,23,24,25,33,34,35,36,37,38)/p+1. The third-order valence-electron chi connectivity index (χ3n) is 6.95. The van der Waals surface area contributed by atoms with Crippen LogP contribution in [0.3, 0.4) is 0 Å². The summed E-state index contributed by atoms with van der Waals surface area (Å²) in [5, 5.41) is 42.5. The van der Waals surface area contributed by atoms with Crippen molar-refractivity contribution < 1.29 is 72.1 Å². The van der Waals surface area contributed by atoms with Gasteiger partial charge in [-0.15, -0.1) is 0 Å². The molecule has 0 saturated carbocycles. The number of phosphoric acid groups is 1. The van der Waals surface area contributed by atoms with E-state index in [1.807, 2.05) is 0 Å². The molecule has 2 aliphatic heterocycles. The molecule has 2 aliphatic rings. The van der Waals surface area contributed by atoms with Crippen LogP contribution in [0.25, 0.3) is 11.2 Å².